The summed E-state index contributed by atoms with van der Waals surface area (Å²) in [6, 6.07) is 7.91. The van der Waals surface area contributed by atoms with Gasteiger partial charge < -0.3 is 26.6 Å². The Balaban J connectivity index is 0.00000200. The molecule has 1 aromatic rings. The molecule has 1 aliphatic heterocycles. The van der Waals surface area contributed by atoms with Crippen LogP contribution in [0.4, 0.5) is 10.5 Å². The van der Waals surface area contributed by atoms with E-state index in [-0.39, 0.29) is 23.1 Å². The van der Waals surface area contributed by atoms with Gasteiger partial charge in [-0.05, 0) is 31.4 Å². The number of benzene rings is 1. The van der Waals surface area contributed by atoms with E-state index in [0.29, 0.717) is 5.75 Å². The first-order valence-electron chi connectivity index (χ1n) is 6.86. The van der Waals surface area contributed by atoms with Crippen molar-refractivity contribution in [2.24, 2.45) is 0 Å². The number of amides is 1. The fourth-order valence-corrected chi connectivity index (χ4v) is 2.53. The number of quaternary nitrogens is 1. The molecule has 1 aromatic carbocycles. The molecule has 2 rings (SSSR count). The van der Waals surface area contributed by atoms with Gasteiger partial charge in [-0.2, -0.15) is 0 Å². The molecule has 0 radical (unpaired) electrons. The number of piperidine rings is 1. The average Bonchev–Trinajstić information content (AvgIpc) is 2.40. The van der Waals surface area contributed by atoms with Gasteiger partial charge in [0.05, 0.1) is 20.1 Å². The zero-order valence-corrected chi connectivity index (χ0v) is 14.0. The third kappa shape index (κ3) is 3.96. The van der Waals surface area contributed by atoms with Crippen LogP contribution < -0.4 is 26.2 Å². The van der Waals surface area contributed by atoms with Crippen molar-refractivity contribution in [3.63, 3.8) is 0 Å². The van der Waals surface area contributed by atoms with Crippen molar-refractivity contribution in [1.82, 2.24) is 9.38 Å². The normalized spacial score (nSPS) is 16.9. The van der Waals surface area contributed by atoms with Crippen molar-refractivity contribution >= 4 is 11.8 Å². The maximum Gasteiger partial charge on any atom is 0.414 e. The van der Waals surface area contributed by atoms with Gasteiger partial charge in [-0.1, -0.05) is 0 Å². The maximum atomic E-state index is 11.5. The Kier molecular flexibility index (Phi) is 6.02. The van der Waals surface area contributed by atoms with Crippen molar-refractivity contribution < 1.29 is 26.5 Å². The van der Waals surface area contributed by atoms with E-state index in [1.54, 1.807) is 14.1 Å². The van der Waals surface area contributed by atoms with E-state index in [9.17, 15) is 4.79 Å². The molecular weight excluding hydrogens is 320 g/mol. The molecule has 20 heavy (non-hydrogen) atoms. The third-order valence-electron chi connectivity index (χ3n) is 3.83. The first kappa shape index (κ1) is 17.0. The smallest absolute Gasteiger partial charge is 0.414 e. The van der Waals surface area contributed by atoms with Crippen LogP contribution in [0.5, 0.6) is 5.75 Å². The number of hydrogen-bond donors (Lipinski definition) is 0. The van der Waals surface area contributed by atoms with Crippen molar-refractivity contribution in [3.05, 3.63) is 24.3 Å². The number of likely N-dealkylation sites (tertiary alicyclic amines) is 1. The lowest BCUT2D eigenvalue weighted by Gasteiger charge is -2.37. The molecular formula is C15H23BrN2O2. The van der Waals surface area contributed by atoms with Crippen LogP contribution in [-0.4, -0.2) is 45.2 Å². The second-order valence-corrected chi connectivity index (χ2v) is 5.66. The summed E-state index contributed by atoms with van der Waals surface area (Å²) in [6.45, 7) is 2.38. The van der Waals surface area contributed by atoms with E-state index in [1.165, 1.54) is 42.9 Å². The summed E-state index contributed by atoms with van der Waals surface area (Å²) < 4.78 is 6.22. The Morgan fingerprint density at radius 1 is 1.10 bits per heavy atom. The van der Waals surface area contributed by atoms with E-state index in [2.05, 4.69) is 19.2 Å². The first-order valence-corrected chi connectivity index (χ1v) is 6.86. The van der Waals surface area contributed by atoms with Crippen LogP contribution in [0.1, 0.15) is 19.3 Å². The van der Waals surface area contributed by atoms with Gasteiger partial charge in [-0.25, -0.2) is 4.79 Å². The van der Waals surface area contributed by atoms with E-state index >= 15 is 0 Å². The Morgan fingerprint density at radius 2 is 1.65 bits per heavy atom. The monoisotopic (exact) mass is 342 g/mol. The van der Waals surface area contributed by atoms with E-state index < -0.39 is 0 Å². The molecule has 0 bridgehead atoms. The lowest BCUT2D eigenvalue weighted by Crippen LogP contribution is -3.00. The molecule has 0 saturated carbocycles. The predicted octanol–water partition coefficient (Wildman–Crippen LogP) is -0.128. The minimum atomic E-state index is -0.342. The molecule has 0 unspecified atom stereocenters. The molecule has 112 valence electrons. The summed E-state index contributed by atoms with van der Waals surface area (Å²) in [7, 11) is 5.63. The van der Waals surface area contributed by atoms with Crippen LogP contribution in [-0.2, 0) is 0 Å². The van der Waals surface area contributed by atoms with Gasteiger partial charge in [-0.3, -0.25) is 4.48 Å². The largest absolute Gasteiger partial charge is 1.00 e. The number of halogens is 1. The van der Waals surface area contributed by atoms with Gasteiger partial charge in [0.2, 0.25) is 0 Å². The van der Waals surface area contributed by atoms with Crippen LogP contribution in [0.3, 0.4) is 0 Å². The van der Waals surface area contributed by atoms with E-state index in [4.69, 9.17) is 4.74 Å². The van der Waals surface area contributed by atoms with Gasteiger partial charge in [0.1, 0.15) is 11.4 Å². The van der Waals surface area contributed by atoms with Gasteiger partial charge in [0.15, 0.2) is 0 Å². The zero-order chi connectivity index (χ0) is 13.9. The molecule has 0 aromatic heterocycles. The number of hydrogen-bond acceptors (Lipinski definition) is 2. The minimum Gasteiger partial charge on any atom is -1.00 e. The summed E-state index contributed by atoms with van der Waals surface area (Å²) in [5, 5.41) is 0. The van der Waals surface area contributed by atoms with Crippen molar-refractivity contribution in [2.75, 3.05) is 34.2 Å². The number of nitrogens with zero attached hydrogens (tertiary/aromatic N) is 2. The fourth-order valence-electron chi connectivity index (χ4n) is 2.53. The fraction of sp³-hybridized carbons (Fsp3) is 0.533. The first-order chi connectivity index (χ1) is 9.01. The van der Waals surface area contributed by atoms with Gasteiger partial charge in [0, 0.05) is 26.2 Å². The topological polar surface area (TPSA) is 29.5 Å². The molecule has 0 spiro atoms. The number of carbonyl (C=O) groups excluding carboxylic acids is 1. The highest BCUT2D eigenvalue weighted by Gasteiger charge is 2.27. The molecule has 1 fully saturated rings. The second-order valence-electron chi connectivity index (χ2n) is 5.66. The zero-order valence-electron chi connectivity index (χ0n) is 12.4. The van der Waals surface area contributed by atoms with E-state index in [0.717, 1.165) is 4.48 Å². The predicted molar refractivity (Wildman–Crippen MR) is 77.5 cm³/mol. The highest BCUT2D eigenvalue weighted by atomic mass is 79.9. The van der Waals surface area contributed by atoms with Crippen LogP contribution in [0.25, 0.3) is 0 Å². The van der Waals surface area contributed by atoms with Crippen molar-refractivity contribution in [3.8, 4) is 5.75 Å². The summed E-state index contributed by atoms with van der Waals surface area (Å²) >= 11 is 0. The van der Waals surface area contributed by atoms with Crippen LogP contribution in [0, 0.1) is 0 Å². The highest BCUT2D eigenvalue weighted by Crippen LogP contribution is 2.28. The summed E-state index contributed by atoms with van der Waals surface area (Å²) in [5.41, 5.74) is 1.30. The highest BCUT2D eigenvalue weighted by molar-refractivity contribution is 5.70. The van der Waals surface area contributed by atoms with Crippen molar-refractivity contribution in [1.29, 1.82) is 0 Å². The minimum absolute atomic E-state index is 0. The SMILES string of the molecule is CN(C)C(=O)Oc1ccc([N+]2(C)CCCCC2)cc1.[Br-]. The molecule has 1 heterocycles. The Morgan fingerprint density at radius 3 is 2.15 bits per heavy atom. The van der Waals surface area contributed by atoms with Crippen molar-refractivity contribution in [2.45, 2.75) is 19.3 Å². The van der Waals surface area contributed by atoms with Crippen LogP contribution in [0.15, 0.2) is 24.3 Å². The number of rotatable bonds is 2. The molecule has 0 atom stereocenters. The number of carbonyl (C=O) groups is 1. The maximum absolute atomic E-state index is 11.5. The molecule has 1 amide bonds. The summed E-state index contributed by atoms with van der Waals surface area (Å²) in [4.78, 5) is 12.9. The molecule has 0 aliphatic carbocycles. The van der Waals surface area contributed by atoms with Crippen LogP contribution in [0.2, 0.25) is 0 Å². The summed E-state index contributed by atoms with van der Waals surface area (Å²) in [6.07, 6.45) is 3.57. The molecule has 4 nitrogen and oxygen atoms in total. The lowest BCUT2D eigenvalue weighted by molar-refractivity contribution is -0.00000917. The van der Waals surface area contributed by atoms with E-state index in [1.807, 2.05) is 12.1 Å². The van der Waals surface area contributed by atoms with Crippen LogP contribution >= 0.6 is 0 Å². The third-order valence-corrected chi connectivity index (χ3v) is 3.83. The quantitative estimate of drug-likeness (QED) is 0.701. The molecule has 0 N–H and O–H groups in total. The molecule has 1 saturated heterocycles. The Bertz CT molecular complexity index is 440. The Hall–Kier alpha value is -1.07. The Labute approximate surface area is 131 Å². The molecule has 5 heteroatoms. The van der Waals surface area contributed by atoms with Gasteiger partial charge in [0.25, 0.3) is 0 Å². The average molecular weight is 343 g/mol. The summed E-state index contributed by atoms with van der Waals surface area (Å²) in [5.74, 6) is 0.603. The van der Waals surface area contributed by atoms with Gasteiger partial charge >= 0.3 is 6.09 Å². The molecule has 1 aliphatic rings. The lowest BCUT2D eigenvalue weighted by atomic mass is 10.1. The standard InChI is InChI=1S/C15H23N2O2.BrH/c1-16(2)15(18)19-14-9-7-13(8-10-14)17(3)11-5-4-6-12-17;/h7-10H,4-6,11-12H2,1-3H3;1H/q+1;/p-1. The second kappa shape index (κ2) is 7.09. The van der Waals surface area contributed by atoms with Gasteiger partial charge in [-0.15, -0.1) is 0 Å². The number of ether oxygens (including phenoxy) is 1.